The van der Waals surface area contributed by atoms with Crippen LogP contribution in [0.4, 0.5) is 0 Å². The average Bonchev–Trinajstić information content (AvgIpc) is 3.67. The molecule has 4 aliphatic rings. The van der Waals surface area contributed by atoms with Crippen LogP contribution in [0, 0.1) is 0 Å². The molecule has 0 radical (unpaired) electrons. The van der Waals surface area contributed by atoms with E-state index in [0.29, 0.717) is 0 Å². The lowest BCUT2D eigenvalue weighted by atomic mass is 9.90. The van der Waals surface area contributed by atoms with Gasteiger partial charge in [-0.05, 0) is 162 Å². The molecule has 4 rings (SSSR count). The fourth-order valence-electron chi connectivity index (χ4n) is 9.60. The van der Waals surface area contributed by atoms with Gasteiger partial charge in [-0.15, -0.1) is 0 Å². The van der Waals surface area contributed by atoms with Crippen LogP contribution >= 0.6 is 14.5 Å². The third kappa shape index (κ3) is 18.5. The van der Waals surface area contributed by atoms with Gasteiger partial charge in [-0.2, -0.15) is 0 Å². The predicted octanol–water partition coefficient (Wildman–Crippen LogP) is 17.7. The van der Waals surface area contributed by atoms with Gasteiger partial charge in [-0.3, -0.25) is 0 Å². The van der Waals surface area contributed by atoms with E-state index in [2.05, 4.69) is 55.4 Å². The minimum absolute atomic E-state index is 0.441. The molecule has 0 unspecified atom stereocenters. The van der Waals surface area contributed by atoms with Gasteiger partial charge in [0.2, 0.25) is 0 Å². The lowest BCUT2D eigenvalue weighted by molar-refractivity contribution is 0.00578. The minimum Gasteiger partial charge on any atom is -0.512 e. The highest BCUT2D eigenvalue weighted by Crippen LogP contribution is 2.62. The standard InChI is InChI=1S/2C16H36P.2C12H24BO4/c2*1-5-9-13-17(14-10-6-2,15-11-7-3)16-12-8-4;2*1-9(2)10(3,4)15-13(14-9)16-11(5,6)12(7,8)17-13/h2*5-16H2,1-4H3;2*1-8H3/q2*+1;2*-1. The molecule has 4 saturated heterocycles. The number of hydrogen-bond acceptors (Lipinski definition) is 8. The Morgan fingerprint density at radius 3 is 0.412 bits per heavy atom. The number of rotatable bonds is 24. The summed E-state index contributed by atoms with van der Waals surface area (Å²) in [6.45, 7) is 46.5. The lowest BCUT2D eigenvalue weighted by Crippen LogP contribution is -2.43. The molecule has 8 nitrogen and oxygen atoms in total. The van der Waals surface area contributed by atoms with Crippen LogP contribution in [0.25, 0.3) is 0 Å². The second-order valence-electron chi connectivity index (χ2n) is 25.5. The first kappa shape index (κ1) is 66.7. The van der Waals surface area contributed by atoms with Crippen LogP contribution in [0.1, 0.15) is 269 Å². The molecule has 408 valence electrons. The molecule has 12 heteroatoms. The fraction of sp³-hybridized carbons (Fsp3) is 1.00. The van der Waals surface area contributed by atoms with E-state index >= 15 is 0 Å². The van der Waals surface area contributed by atoms with Crippen molar-refractivity contribution in [3.63, 3.8) is 0 Å². The third-order valence-corrected chi connectivity index (χ3v) is 27.3. The van der Waals surface area contributed by atoms with Gasteiger partial charge in [0.15, 0.2) is 0 Å². The first-order valence-corrected chi connectivity index (χ1v) is 33.8. The van der Waals surface area contributed by atoms with E-state index in [4.69, 9.17) is 37.2 Å². The van der Waals surface area contributed by atoms with Gasteiger partial charge >= 0.3 is 13.9 Å². The third-order valence-electron chi connectivity index (χ3n) is 17.2. The molecule has 4 aliphatic heterocycles. The van der Waals surface area contributed by atoms with Crippen LogP contribution in [-0.2, 0) is 37.2 Å². The van der Waals surface area contributed by atoms with Crippen molar-refractivity contribution >= 4 is 28.4 Å². The summed E-state index contributed by atoms with van der Waals surface area (Å²) in [6, 6.07) is 0. The molecule has 0 aliphatic carbocycles. The Balaban J connectivity index is 0.000000453. The van der Waals surface area contributed by atoms with Crippen molar-refractivity contribution < 1.29 is 37.2 Å². The topological polar surface area (TPSA) is 73.8 Å². The highest BCUT2D eigenvalue weighted by molar-refractivity contribution is 7.76. The Morgan fingerprint density at radius 2 is 0.324 bits per heavy atom. The van der Waals surface area contributed by atoms with Crippen LogP contribution in [0.2, 0.25) is 0 Å². The van der Waals surface area contributed by atoms with E-state index in [1.807, 2.05) is 111 Å². The van der Waals surface area contributed by atoms with Gasteiger partial charge in [0, 0.05) is 59.3 Å². The van der Waals surface area contributed by atoms with Crippen molar-refractivity contribution in [2.75, 3.05) is 49.3 Å². The maximum atomic E-state index is 5.98. The molecule has 0 aromatic rings. The number of hydrogen-bond donors (Lipinski definition) is 0. The van der Waals surface area contributed by atoms with Gasteiger partial charge in [0.25, 0.3) is 0 Å². The average molecular weight is 1010 g/mol. The van der Waals surface area contributed by atoms with E-state index in [1.165, 1.54) is 103 Å². The van der Waals surface area contributed by atoms with E-state index in [1.54, 1.807) is 49.3 Å². The van der Waals surface area contributed by atoms with Gasteiger partial charge in [0.1, 0.15) is 0 Å². The Labute approximate surface area is 426 Å². The summed E-state index contributed by atoms with van der Waals surface area (Å²) in [4.78, 5) is 0. The summed E-state index contributed by atoms with van der Waals surface area (Å²) in [5, 5.41) is 0. The van der Waals surface area contributed by atoms with Crippen LogP contribution in [0.5, 0.6) is 0 Å². The zero-order chi connectivity index (χ0) is 52.6. The van der Waals surface area contributed by atoms with Crippen LogP contribution in [0.15, 0.2) is 0 Å². The smallest absolute Gasteiger partial charge is 0.512 e. The summed E-state index contributed by atoms with van der Waals surface area (Å²) in [7, 11) is -1.12. The maximum Gasteiger partial charge on any atom is 0.532 e. The van der Waals surface area contributed by atoms with Crippen LogP contribution in [0.3, 0.4) is 0 Å². The van der Waals surface area contributed by atoms with Crippen molar-refractivity contribution in [3.05, 3.63) is 0 Å². The number of unbranched alkanes of at least 4 members (excludes halogenated alkanes) is 8. The first-order valence-electron chi connectivity index (χ1n) is 28.7. The Bertz CT molecular complexity index is 1100. The van der Waals surface area contributed by atoms with E-state index in [9.17, 15) is 0 Å². The largest absolute Gasteiger partial charge is 0.532 e. The van der Waals surface area contributed by atoms with E-state index in [0.717, 1.165) is 0 Å². The zero-order valence-corrected chi connectivity index (χ0v) is 52.1. The molecule has 0 N–H and O–H groups in total. The highest BCUT2D eigenvalue weighted by atomic mass is 31.2. The molecule has 0 atom stereocenters. The summed E-state index contributed by atoms with van der Waals surface area (Å²) in [6.07, 6.45) is 35.9. The molecule has 0 amide bonds. The summed E-state index contributed by atoms with van der Waals surface area (Å²) in [5.41, 5.74) is -3.53. The fourth-order valence-corrected chi connectivity index (χ4v) is 20.2. The van der Waals surface area contributed by atoms with Crippen molar-refractivity contribution in [3.8, 4) is 0 Å². The Hall–Kier alpha value is 0.670. The van der Waals surface area contributed by atoms with Crippen LogP contribution in [-0.4, -0.2) is 108 Å². The molecule has 0 bridgehead atoms. The molecular weight excluding hydrogens is 884 g/mol. The predicted molar refractivity (Wildman–Crippen MR) is 305 cm³/mol. The summed E-state index contributed by atoms with van der Waals surface area (Å²) < 4.78 is 47.8. The Kier molecular flexibility index (Phi) is 26.9. The maximum absolute atomic E-state index is 5.98. The zero-order valence-electron chi connectivity index (χ0n) is 50.3. The molecule has 0 aromatic heterocycles. The van der Waals surface area contributed by atoms with Gasteiger partial charge in [0.05, 0.1) is 49.3 Å². The molecular formula is C56H120B2O8P2. The first-order chi connectivity index (χ1) is 31.1. The van der Waals surface area contributed by atoms with E-state index < -0.39 is 73.2 Å². The molecule has 0 saturated carbocycles. The molecule has 4 fully saturated rings. The lowest BCUT2D eigenvalue weighted by Gasteiger charge is -2.36. The van der Waals surface area contributed by atoms with Gasteiger partial charge in [-0.25, -0.2) is 0 Å². The van der Waals surface area contributed by atoms with Crippen molar-refractivity contribution in [1.29, 1.82) is 0 Å². The summed E-state index contributed by atoms with van der Waals surface area (Å²) in [5.74, 6) is 0. The van der Waals surface area contributed by atoms with Crippen molar-refractivity contribution in [2.24, 2.45) is 0 Å². The van der Waals surface area contributed by atoms with Gasteiger partial charge in [-0.1, -0.05) is 107 Å². The molecule has 68 heavy (non-hydrogen) atoms. The summed E-state index contributed by atoms with van der Waals surface area (Å²) >= 11 is 0. The van der Waals surface area contributed by atoms with Crippen molar-refractivity contribution in [1.82, 2.24) is 0 Å². The minimum atomic E-state index is -2.11. The van der Waals surface area contributed by atoms with Crippen molar-refractivity contribution in [2.45, 2.75) is 314 Å². The monoisotopic (exact) mass is 1000 g/mol. The Morgan fingerprint density at radius 1 is 0.221 bits per heavy atom. The molecule has 0 aromatic carbocycles. The second-order valence-corrected chi connectivity index (χ2v) is 34.4. The normalized spacial score (nSPS) is 23.6. The van der Waals surface area contributed by atoms with E-state index in [-0.39, 0.29) is 0 Å². The SMILES string of the molecule is CC1(C)O[B-]2(OC1(C)C)OC(C)(C)C(C)(C)O2.CC1(C)O[B-]2(OC1(C)C)OC(C)(C)C(C)(C)O2.CCCC[P+](CCCC)(CCCC)CCCC.CCCC[P+](CCCC)(CCCC)CCCC. The van der Waals surface area contributed by atoms with Gasteiger partial charge < -0.3 is 37.2 Å². The molecule has 4 heterocycles. The highest BCUT2D eigenvalue weighted by Gasteiger charge is 2.65. The quantitative estimate of drug-likeness (QED) is 0.0699. The second kappa shape index (κ2) is 27.5. The molecule has 2 spiro atoms. The van der Waals surface area contributed by atoms with Crippen LogP contribution < -0.4 is 0 Å².